The number of hydrogen-bond donors (Lipinski definition) is 1. The van der Waals surface area contributed by atoms with Crippen LogP contribution in [-0.2, 0) is 10.2 Å². The molecule has 0 spiro atoms. The van der Waals surface area contributed by atoms with Crippen LogP contribution in [0.25, 0.3) is 0 Å². The fourth-order valence-electron chi connectivity index (χ4n) is 1.44. The monoisotopic (exact) mass is 215 g/mol. The van der Waals surface area contributed by atoms with Crippen molar-refractivity contribution in [3.8, 4) is 0 Å². The predicted molar refractivity (Wildman–Crippen MR) is 47.8 cm³/mol. The molecule has 0 bridgehead atoms. The molecule has 0 aliphatic heterocycles. The Kier molecular flexibility index (Phi) is 1.96. The maximum Gasteiger partial charge on any atom is 0.315 e. The summed E-state index contributed by atoms with van der Waals surface area (Å²) in [4.78, 5) is 14.7. The van der Waals surface area contributed by atoms with Crippen LogP contribution in [0.4, 0.5) is 4.39 Å². The van der Waals surface area contributed by atoms with Gasteiger partial charge >= 0.3 is 5.97 Å². The van der Waals surface area contributed by atoms with E-state index in [1.807, 2.05) is 0 Å². The van der Waals surface area contributed by atoms with Crippen molar-refractivity contribution in [2.24, 2.45) is 0 Å². The molecule has 1 N–H and O–H groups in total. The zero-order valence-corrected chi connectivity index (χ0v) is 7.88. The van der Waals surface area contributed by atoms with Gasteiger partial charge in [-0.2, -0.15) is 0 Å². The maximum absolute atomic E-state index is 12.7. The molecule has 0 radical (unpaired) electrons. The Morgan fingerprint density at radius 2 is 2.29 bits per heavy atom. The lowest BCUT2D eigenvalue weighted by Crippen LogP contribution is -2.21. The smallest absolute Gasteiger partial charge is 0.315 e. The number of pyridine rings is 1. The van der Waals surface area contributed by atoms with Gasteiger partial charge < -0.3 is 5.11 Å². The average molecular weight is 216 g/mol. The molecule has 1 aromatic rings. The number of nitrogens with zero attached hydrogens (tertiary/aromatic N) is 1. The molecule has 1 aromatic heterocycles. The SMILES string of the molecule is O=C(O)C1(c2ncc(F)cc2Cl)CC1. The molecule has 0 unspecified atom stereocenters. The molecule has 1 heterocycles. The fraction of sp³-hybridized carbons (Fsp3) is 0.333. The van der Waals surface area contributed by atoms with Gasteiger partial charge in [-0.3, -0.25) is 9.78 Å². The summed E-state index contributed by atoms with van der Waals surface area (Å²) < 4.78 is 12.7. The van der Waals surface area contributed by atoms with Gasteiger partial charge in [-0.05, 0) is 18.9 Å². The average Bonchev–Trinajstić information content (AvgIpc) is 2.84. The van der Waals surface area contributed by atoms with Gasteiger partial charge in [0.2, 0.25) is 0 Å². The number of carbonyl (C=O) groups is 1. The van der Waals surface area contributed by atoms with Crippen molar-refractivity contribution < 1.29 is 14.3 Å². The molecule has 1 aliphatic carbocycles. The van der Waals surface area contributed by atoms with E-state index in [0.717, 1.165) is 12.3 Å². The topological polar surface area (TPSA) is 50.2 Å². The molecule has 0 atom stereocenters. The molecule has 2 rings (SSSR count). The highest BCUT2D eigenvalue weighted by Gasteiger charge is 2.54. The maximum atomic E-state index is 12.7. The van der Waals surface area contributed by atoms with Gasteiger partial charge in [0, 0.05) is 0 Å². The van der Waals surface area contributed by atoms with E-state index in [1.165, 1.54) is 0 Å². The summed E-state index contributed by atoms with van der Waals surface area (Å²) >= 11 is 5.73. The Labute approximate surface area is 84.5 Å². The van der Waals surface area contributed by atoms with Gasteiger partial charge in [0.1, 0.15) is 11.2 Å². The van der Waals surface area contributed by atoms with Crippen molar-refractivity contribution >= 4 is 17.6 Å². The predicted octanol–water partition coefficient (Wildman–Crippen LogP) is 1.99. The zero-order valence-electron chi connectivity index (χ0n) is 7.13. The van der Waals surface area contributed by atoms with Crippen LogP contribution in [0.1, 0.15) is 18.5 Å². The Morgan fingerprint density at radius 3 is 2.71 bits per heavy atom. The lowest BCUT2D eigenvalue weighted by Gasteiger charge is -2.10. The molecule has 0 amide bonds. The van der Waals surface area contributed by atoms with Gasteiger partial charge in [0.05, 0.1) is 16.9 Å². The van der Waals surface area contributed by atoms with Crippen molar-refractivity contribution in [2.45, 2.75) is 18.3 Å². The van der Waals surface area contributed by atoms with E-state index in [1.54, 1.807) is 0 Å². The summed E-state index contributed by atoms with van der Waals surface area (Å²) in [6, 6.07) is 1.09. The highest BCUT2D eigenvalue weighted by molar-refractivity contribution is 6.31. The normalized spacial score (nSPS) is 17.9. The second kappa shape index (κ2) is 2.92. The number of carboxylic acids is 1. The Hall–Kier alpha value is -1.16. The first-order valence-corrected chi connectivity index (χ1v) is 4.49. The van der Waals surface area contributed by atoms with Crippen LogP contribution in [0.5, 0.6) is 0 Å². The summed E-state index contributed by atoms with van der Waals surface area (Å²) in [5.74, 6) is -1.50. The number of halogens is 2. The van der Waals surface area contributed by atoms with Crippen LogP contribution in [0, 0.1) is 5.82 Å². The summed E-state index contributed by atoms with van der Waals surface area (Å²) in [7, 11) is 0. The summed E-state index contributed by atoms with van der Waals surface area (Å²) in [5.41, 5.74) is -0.696. The first-order valence-electron chi connectivity index (χ1n) is 4.11. The van der Waals surface area contributed by atoms with Crippen molar-refractivity contribution in [3.05, 3.63) is 28.8 Å². The van der Waals surface area contributed by atoms with Crippen LogP contribution in [0.2, 0.25) is 5.02 Å². The van der Waals surface area contributed by atoms with Crippen LogP contribution in [0.3, 0.4) is 0 Å². The summed E-state index contributed by atoms with van der Waals surface area (Å²) in [6.45, 7) is 0. The molecule has 1 fully saturated rings. The van der Waals surface area contributed by atoms with E-state index in [-0.39, 0.29) is 10.7 Å². The number of hydrogen-bond acceptors (Lipinski definition) is 2. The number of rotatable bonds is 2. The third kappa shape index (κ3) is 1.26. The van der Waals surface area contributed by atoms with Crippen LogP contribution >= 0.6 is 11.6 Å². The highest BCUT2D eigenvalue weighted by atomic mass is 35.5. The molecule has 74 valence electrons. The summed E-state index contributed by atoms with van der Waals surface area (Å²) in [6.07, 6.45) is 2.02. The van der Waals surface area contributed by atoms with Crippen LogP contribution in [-0.4, -0.2) is 16.1 Å². The first kappa shape index (κ1) is 9.40. The Balaban J connectivity index is 2.47. The lowest BCUT2D eigenvalue weighted by atomic mass is 10.0. The largest absolute Gasteiger partial charge is 0.481 e. The minimum absolute atomic E-state index is 0.0879. The minimum Gasteiger partial charge on any atom is -0.481 e. The fourth-order valence-corrected chi connectivity index (χ4v) is 1.78. The molecule has 3 nitrogen and oxygen atoms in total. The number of carboxylic acid groups (broad SMARTS) is 1. The van der Waals surface area contributed by atoms with E-state index in [4.69, 9.17) is 16.7 Å². The van der Waals surface area contributed by atoms with E-state index >= 15 is 0 Å². The second-order valence-corrected chi connectivity index (χ2v) is 3.78. The number of aromatic nitrogens is 1. The molecule has 0 aromatic carbocycles. The standard InChI is InChI=1S/C9H7ClFNO2/c10-6-3-5(11)4-12-7(6)9(1-2-9)8(13)14/h3-4H,1-2H2,(H,13,14). The first-order chi connectivity index (χ1) is 6.56. The quantitative estimate of drug-likeness (QED) is 0.821. The van der Waals surface area contributed by atoms with E-state index in [9.17, 15) is 9.18 Å². The lowest BCUT2D eigenvalue weighted by molar-refractivity contribution is -0.140. The van der Waals surface area contributed by atoms with Gasteiger partial charge in [-0.25, -0.2) is 4.39 Å². The minimum atomic E-state index is -0.967. The van der Waals surface area contributed by atoms with Gasteiger partial charge in [0.15, 0.2) is 0 Å². The highest BCUT2D eigenvalue weighted by Crippen LogP contribution is 2.49. The van der Waals surface area contributed by atoms with Crippen LogP contribution < -0.4 is 0 Å². The van der Waals surface area contributed by atoms with Crippen molar-refractivity contribution in [3.63, 3.8) is 0 Å². The third-order valence-electron chi connectivity index (χ3n) is 2.42. The van der Waals surface area contributed by atoms with Crippen LogP contribution in [0.15, 0.2) is 12.3 Å². The third-order valence-corrected chi connectivity index (χ3v) is 2.71. The van der Waals surface area contributed by atoms with Crippen molar-refractivity contribution in [1.82, 2.24) is 4.98 Å². The molecular weight excluding hydrogens is 209 g/mol. The van der Waals surface area contributed by atoms with Crippen molar-refractivity contribution in [1.29, 1.82) is 0 Å². The van der Waals surface area contributed by atoms with E-state index in [0.29, 0.717) is 12.8 Å². The van der Waals surface area contributed by atoms with Gasteiger partial charge in [0.25, 0.3) is 0 Å². The molecule has 1 aliphatic rings. The van der Waals surface area contributed by atoms with Gasteiger partial charge in [-0.15, -0.1) is 0 Å². The molecule has 5 heteroatoms. The van der Waals surface area contributed by atoms with E-state index < -0.39 is 17.2 Å². The summed E-state index contributed by atoms with van der Waals surface area (Å²) in [5, 5.41) is 9.05. The molecule has 0 saturated heterocycles. The molecule has 1 saturated carbocycles. The number of aliphatic carboxylic acids is 1. The zero-order chi connectivity index (χ0) is 10.3. The van der Waals surface area contributed by atoms with E-state index in [2.05, 4.69) is 4.98 Å². The molecular formula is C9H7ClFNO2. The Bertz CT molecular complexity index is 404. The second-order valence-electron chi connectivity index (χ2n) is 3.37. The molecule has 14 heavy (non-hydrogen) atoms. The Morgan fingerprint density at radius 1 is 1.64 bits per heavy atom. The van der Waals surface area contributed by atoms with Crippen molar-refractivity contribution in [2.75, 3.05) is 0 Å². The van der Waals surface area contributed by atoms with Gasteiger partial charge in [-0.1, -0.05) is 11.6 Å².